The van der Waals surface area contributed by atoms with Crippen LogP contribution in [0.15, 0.2) is 16.9 Å². The average molecular weight is 243 g/mol. The predicted molar refractivity (Wildman–Crippen MR) is 70.6 cm³/mol. The molecule has 1 aliphatic rings. The summed E-state index contributed by atoms with van der Waals surface area (Å²) in [5, 5.41) is 0.629. The Hall–Kier alpha value is -1.71. The molecule has 4 nitrogen and oxygen atoms in total. The molecule has 0 unspecified atom stereocenters. The van der Waals surface area contributed by atoms with E-state index in [-0.39, 0.29) is 11.0 Å². The summed E-state index contributed by atoms with van der Waals surface area (Å²) in [6.45, 7) is 7.12. The zero-order chi connectivity index (χ0) is 12.9. The summed E-state index contributed by atoms with van der Waals surface area (Å²) in [6.07, 6.45) is 1.86. The number of aryl methyl sites for hydroxylation is 1. The van der Waals surface area contributed by atoms with Gasteiger partial charge in [-0.25, -0.2) is 9.97 Å². The van der Waals surface area contributed by atoms with E-state index >= 15 is 0 Å². The van der Waals surface area contributed by atoms with Crippen molar-refractivity contribution in [1.82, 2.24) is 14.5 Å². The van der Waals surface area contributed by atoms with E-state index in [4.69, 9.17) is 0 Å². The van der Waals surface area contributed by atoms with Crippen LogP contribution in [0.5, 0.6) is 0 Å². The summed E-state index contributed by atoms with van der Waals surface area (Å²) in [5.41, 5.74) is 1.76. The largest absolute Gasteiger partial charge is 0.296 e. The summed E-state index contributed by atoms with van der Waals surface area (Å²) < 4.78 is 1.81. The zero-order valence-corrected chi connectivity index (χ0v) is 11.0. The van der Waals surface area contributed by atoms with E-state index in [9.17, 15) is 4.79 Å². The molecule has 0 saturated heterocycles. The summed E-state index contributed by atoms with van der Waals surface area (Å²) in [5.74, 6) is 0.877. The van der Waals surface area contributed by atoms with Gasteiger partial charge in [0.1, 0.15) is 5.82 Å². The fraction of sp³-hybridized carbons (Fsp3) is 0.500. The topological polar surface area (TPSA) is 47.8 Å². The number of pyridine rings is 1. The molecule has 0 amide bonds. The Kier molecular flexibility index (Phi) is 2.30. The van der Waals surface area contributed by atoms with Crippen LogP contribution in [0.4, 0.5) is 0 Å². The van der Waals surface area contributed by atoms with Crippen LogP contribution in [0.25, 0.3) is 11.0 Å². The van der Waals surface area contributed by atoms with E-state index in [0.29, 0.717) is 11.0 Å². The van der Waals surface area contributed by atoms with E-state index in [2.05, 4.69) is 23.8 Å². The van der Waals surface area contributed by atoms with Crippen molar-refractivity contribution in [1.29, 1.82) is 0 Å². The monoisotopic (exact) mass is 243 g/mol. The Labute approximate surface area is 106 Å². The first-order chi connectivity index (χ1) is 8.46. The lowest BCUT2D eigenvalue weighted by Gasteiger charge is -2.31. The van der Waals surface area contributed by atoms with Crippen molar-refractivity contribution in [2.45, 2.75) is 40.2 Å². The molecule has 3 heterocycles. The first-order valence-electron chi connectivity index (χ1n) is 6.33. The van der Waals surface area contributed by atoms with Gasteiger partial charge in [-0.2, -0.15) is 0 Å². The number of hydrogen-bond donors (Lipinski definition) is 0. The normalized spacial score (nSPS) is 17.7. The van der Waals surface area contributed by atoms with Crippen LogP contribution in [0.3, 0.4) is 0 Å². The molecule has 0 spiro atoms. The van der Waals surface area contributed by atoms with Gasteiger partial charge < -0.3 is 0 Å². The van der Waals surface area contributed by atoms with Gasteiger partial charge in [0.05, 0.1) is 5.39 Å². The molecule has 0 radical (unpaired) electrons. The molecule has 0 fully saturated rings. The molecule has 18 heavy (non-hydrogen) atoms. The molecule has 4 heteroatoms. The quantitative estimate of drug-likeness (QED) is 0.711. The lowest BCUT2D eigenvalue weighted by atomic mass is 9.83. The third-order valence-corrected chi connectivity index (χ3v) is 3.69. The van der Waals surface area contributed by atoms with E-state index in [1.54, 1.807) is 0 Å². The Bertz CT molecular complexity index is 685. The van der Waals surface area contributed by atoms with Crippen LogP contribution >= 0.6 is 0 Å². The van der Waals surface area contributed by atoms with Gasteiger partial charge >= 0.3 is 0 Å². The number of hydrogen-bond acceptors (Lipinski definition) is 3. The second-order valence-electron chi connectivity index (χ2n) is 5.90. The van der Waals surface area contributed by atoms with Crippen LogP contribution in [-0.2, 0) is 13.0 Å². The molecule has 0 atom stereocenters. The molecule has 3 rings (SSSR count). The minimum Gasteiger partial charge on any atom is -0.296 e. The van der Waals surface area contributed by atoms with Gasteiger partial charge in [0.25, 0.3) is 5.56 Å². The summed E-state index contributed by atoms with van der Waals surface area (Å²) >= 11 is 0. The zero-order valence-electron chi connectivity index (χ0n) is 11.0. The SMILES string of the molecule is Cc1ccc2c(=O)n3c(nc2n1)CC(C)(C)CC3. The number of nitrogens with zero attached hydrogens (tertiary/aromatic N) is 3. The smallest absolute Gasteiger partial charge is 0.263 e. The number of fused-ring (bicyclic) bond motifs is 2. The molecular formula is C14H17N3O. The maximum atomic E-state index is 12.4. The van der Waals surface area contributed by atoms with Crippen LogP contribution < -0.4 is 5.56 Å². The van der Waals surface area contributed by atoms with Crippen LogP contribution in [0.2, 0.25) is 0 Å². The van der Waals surface area contributed by atoms with Crippen LogP contribution in [0, 0.1) is 12.3 Å². The van der Waals surface area contributed by atoms with E-state index in [0.717, 1.165) is 30.9 Å². The second kappa shape index (κ2) is 3.64. The van der Waals surface area contributed by atoms with Crippen molar-refractivity contribution >= 4 is 11.0 Å². The van der Waals surface area contributed by atoms with Gasteiger partial charge in [0.15, 0.2) is 5.65 Å². The second-order valence-corrected chi connectivity index (χ2v) is 5.90. The Morgan fingerprint density at radius 2 is 2.06 bits per heavy atom. The van der Waals surface area contributed by atoms with Crippen molar-refractivity contribution in [3.63, 3.8) is 0 Å². The minimum absolute atomic E-state index is 0.0537. The highest BCUT2D eigenvalue weighted by molar-refractivity contribution is 5.73. The molecule has 0 aromatic carbocycles. The Morgan fingerprint density at radius 1 is 1.28 bits per heavy atom. The maximum absolute atomic E-state index is 12.4. The minimum atomic E-state index is 0.0537. The third-order valence-electron chi connectivity index (χ3n) is 3.69. The highest BCUT2D eigenvalue weighted by atomic mass is 16.1. The molecule has 1 aliphatic heterocycles. The molecule has 0 N–H and O–H groups in total. The van der Waals surface area contributed by atoms with Crippen molar-refractivity contribution < 1.29 is 0 Å². The molecular weight excluding hydrogens is 226 g/mol. The highest BCUT2D eigenvalue weighted by Gasteiger charge is 2.27. The van der Waals surface area contributed by atoms with E-state index in [1.165, 1.54) is 0 Å². The predicted octanol–water partition coefficient (Wildman–Crippen LogP) is 2.07. The molecule has 2 aromatic rings. The third kappa shape index (κ3) is 1.72. The summed E-state index contributed by atoms with van der Waals surface area (Å²) in [7, 11) is 0. The van der Waals surface area contributed by atoms with Crippen molar-refractivity contribution in [3.8, 4) is 0 Å². The van der Waals surface area contributed by atoms with Crippen molar-refractivity contribution in [3.05, 3.63) is 34.0 Å². The van der Waals surface area contributed by atoms with E-state index < -0.39 is 0 Å². The van der Waals surface area contributed by atoms with Crippen molar-refractivity contribution in [2.75, 3.05) is 0 Å². The Morgan fingerprint density at radius 3 is 2.83 bits per heavy atom. The van der Waals surface area contributed by atoms with E-state index in [1.807, 2.05) is 23.6 Å². The lowest BCUT2D eigenvalue weighted by molar-refractivity contribution is 0.261. The van der Waals surface area contributed by atoms with Gasteiger partial charge in [-0.1, -0.05) is 13.8 Å². The standard InChI is InChI=1S/C14H17N3O/c1-9-4-5-10-12(15-9)16-11-8-14(2,3)6-7-17(11)13(10)18/h4-5H,6-8H2,1-3H3. The average Bonchev–Trinajstić information content (AvgIpc) is 2.27. The summed E-state index contributed by atoms with van der Waals surface area (Å²) in [6, 6.07) is 3.70. The molecule has 0 saturated carbocycles. The number of rotatable bonds is 0. The van der Waals surface area contributed by atoms with Gasteiger partial charge in [0, 0.05) is 18.7 Å². The van der Waals surface area contributed by atoms with Gasteiger partial charge in [-0.05, 0) is 30.9 Å². The number of aromatic nitrogens is 3. The van der Waals surface area contributed by atoms with Gasteiger partial charge in [0.2, 0.25) is 0 Å². The Balaban J connectivity index is 2.29. The van der Waals surface area contributed by atoms with Crippen LogP contribution in [-0.4, -0.2) is 14.5 Å². The van der Waals surface area contributed by atoms with Crippen molar-refractivity contribution in [2.24, 2.45) is 5.41 Å². The van der Waals surface area contributed by atoms with Gasteiger partial charge in [-0.3, -0.25) is 9.36 Å². The summed E-state index contributed by atoms with van der Waals surface area (Å²) in [4.78, 5) is 21.3. The van der Waals surface area contributed by atoms with Crippen LogP contribution in [0.1, 0.15) is 31.8 Å². The van der Waals surface area contributed by atoms with Gasteiger partial charge in [-0.15, -0.1) is 0 Å². The molecule has 94 valence electrons. The molecule has 0 aliphatic carbocycles. The fourth-order valence-electron chi connectivity index (χ4n) is 2.54. The molecule has 2 aromatic heterocycles. The lowest BCUT2D eigenvalue weighted by Crippen LogP contribution is -2.35. The fourth-order valence-corrected chi connectivity index (χ4v) is 2.54. The highest BCUT2D eigenvalue weighted by Crippen LogP contribution is 2.29. The maximum Gasteiger partial charge on any atom is 0.263 e. The first-order valence-corrected chi connectivity index (χ1v) is 6.33. The first kappa shape index (κ1) is 11.4. The molecule has 0 bridgehead atoms.